The Morgan fingerprint density at radius 3 is 2.18 bits per heavy atom. The molecule has 11 heavy (non-hydrogen) atoms. The highest BCUT2D eigenvalue weighted by Crippen LogP contribution is 1.98. The summed E-state index contributed by atoms with van der Waals surface area (Å²) in [6, 6.07) is 0. The molecule has 0 aromatic heterocycles. The minimum Gasteiger partial charge on any atom is -0.760 e. The summed E-state index contributed by atoms with van der Waals surface area (Å²) in [5, 5.41) is 4.03. The van der Waals surface area contributed by atoms with E-state index in [1.807, 2.05) is 0 Å². The molecule has 0 radical (unpaired) electrons. The first kappa shape index (κ1) is 13.9. The molecule has 1 unspecified atom stereocenters. The summed E-state index contributed by atoms with van der Waals surface area (Å²) in [6.45, 7) is 2.20. The van der Waals surface area contributed by atoms with Crippen LogP contribution in [0.3, 0.4) is 0 Å². The van der Waals surface area contributed by atoms with Crippen LogP contribution in [-0.2, 0) is 11.3 Å². The van der Waals surface area contributed by atoms with Crippen LogP contribution in [0, 0.1) is 0 Å². The van der Waals surface area contributed by atoms with Crippen molar-refractivity contribution in [3.8, 4) is 0 Å². The van der Waals surface area contributed by atoms with Gasteiger partial charge >= 0.3 is 0 Å². The zero-order valence-corrected chi connectivity index (χ0v) is 8.29. The maximum Gasteiger partial charge on any atom is 0.0223 e. The van der Waals surface area contributed by atoms with Gasteiger partial charge in [-0.25, -0.2) is 0 Å². The Balaban J connectivity index is 0. The summed E-state index contributed by atoms with van der Waals surface area (Å²) in [5.41, 5.74) is 0. The number of rotatable bonds is 4. The van der Waals surface area contributed by atoms with Gasteiger partial charge in [-0.05, 0) is 6.42 Å². The van der Waals surface area contributed by atoms with Crippen molar-refractivity contribution in [1.82, 2.24) is 0 Å². The van der Waals surface area contributed by atoms with E-state index in [4.69, 9.17) is 20.4 Å². The molecular weight excluding hydrogens is 186 g/mol. The lowest BCUT2D eigenvalue weighted by molar-refractivity contribution is 0.539. The van der Waals surface area contributed by atoms with Crippen LogP contribution in [0.25, 0.3) is 0 Å². The number of unbranched alkanes of at least 4 members (excludes halogenated alkanes) is 3. The van der Waals surface area contributed by atoms with Crippen LogP contribution < -0.4 is 5.14 Å². The van der Waals surface area contributed by atoms with E-state index in [2.05, 4.69) is 12.1 Å². The molecule has 0 aromatic rings. The highest BCUT2D eigenvalue weighted by atomic mass is 35.5. The zero-order chi connectivity index (χ0) is 9.11. The lowest BCUT2D eigenvalue weighted by Crippen LogP contribution is -1.97. The average Bonchev–Trinajstić information content (AvgIpc) is 1.88. The molecule has 0 saturated carbocycles. The lowest BCUT2D eigenvalue weighted by Gasteiger charge is -1.89. The van der Waals surface area contributed by atoms with E-state index in [-0.39, 0.29) is 0 Å². The largest absolute Gasteiger partial charge is 0.760 e. The third-order valence-corrected chi connectivity index (χ3v) is 1.25. The van der Waals surface area contributed by atoms with E-state index in [1.54, 1.807) is 0 Å². The van der Waals surface area contributed by atoms with Crippen LogP contribution in [0.5, 0.6) is 0 Å². The Kier molecular flexibility index (Phi) is 16.4. The SMILES string of the molecule is CCCCCCCl.NS(=O)[O-]. The molecule has 0 aromatic carbocycles. The third-order valence-electron chi connectivity index (χ3n) is 0.987. The Morgan fingerprint density at radius 2 is 1.91 bits per heavy atom. The minimum absolute atomic E-state index is 0.833. The summed E-state index contributed by atoms with van der Waals surface area (Å²) in [5.74, 6) is 0.833. The monoisotopic (exact) mass is 200 g/mol. The van der Waals surface area contributed by atoms with Gasteiger partial charge in [-0.15, -0.1) is 11.6 Å². The molecule has 5 heteroatoms. The van der Waals surface area contributed by atoms with E-state index >= 15 is 0 Å². The first-order valence-electron chi connectivity index (χ1n) is 3.54. The van der Waals surface area contributed by atoms with Crippen LogP contribution in [0.4, 0.5) is 0 Å². The average molecular weight is 201 g/mol. The number of halogens is 1. The van der Waals surface area contributed by atoms with Gasteiger partial charge in [0.15, 0.2) is 0 Å². The molecule has 3 nitrogen and oxygen atoms in total. The van der Waals surface area contributed by atoms with E-state index in [9.17, 15) is 0 Å². The van der Waals surface area contributed by atoms with Gasteiger partial charge in [-0.3, -0.25) is 9.35 Å². The molecular formula is C6H15ClNO2S-. The molecule has 2 N–H and O–H groups in total. The molecule has 0 amide bonds. The first-order chi connectivity index (χ1) is 5.15. The Bertz CT molecular complexity index is 84.7. The summed E-state index contributed by atoms with van der Waals surface area (Å²) in [6.07, 6.45) is 5.14. The molecule has 0 fully saturated rings. The Hall–Kier alpha value is 0.360. The zero-order valence-electron chi connectivity index (χ0n) is 6.72. The molecule has 0 rings (SSSR count). The summed E-state index contributed by atoms with van der Waals surface area (Å²) in [7, 11) is 0. The molecule has 0 aliphatic heterocycles. The predicted molar refractivity (Wildman–Crippen MR) is 48.0 cm³/mol. The van der Waals surface area contributed by atoms with Gasteiger partial charge in [0.1, 0.15) is 0 Å². The third kappa shape index (κ3) is 38.1. The number of alkyl halides is 1. The van der Waals surface area contributed by atoms with Gasteiger partial charge in [-0.2, -0.15) is 0 Å². The van der Waals surface area contributed by atoms with Crippen molar-refractivity contribution in [2.45, 2.75) is 32.6 Å². The highest BCUT2D eigenvalue weighted by Gasteiger charge is 1.81. The van der Waals surface area contributed by atoms with Gasteiger partial charge in [0, 0.05) is 17.1 Å². The van der Waals surface area contributed by atoms with Crippen LogP contribution in [0.1, 0.15) is 32.6 Å². The molecule has 0 spiro atoms. The van der Waals surface area contributed by atoms with Gasteiger partial charge in [0.25, 0.3) is 0 Å². The van der Waals surface area contributed by atoms with Crippen molar-refractivity contribution >= 4 is 22.9 Å². The van der Waals surface area contributed by atoms with Crippen molar-refractivity contribution < 1.29 is 8.76 Å². The van der Waals surface area contributed by atoms with Gasteiger partial charge in [0.05, 0.1) is 0 Å². The first-order valence-corrected chi connectivity index (χ1v) is 5.22. The van der Waals surface area contributed by atoms with Crippen molar-refractivity contribution in [2.75, 3.05) is 5.88 Å². The number of hydrogen-bond acceptors (Lipinski definition) is 2. The van der Waals surface area contributed by atoms with Crippen molar-refractivity contribution in [2.24, 2.45) is 5.14 Å². The van der Waals surface area contributed by atoms with E-state index in [0.717, 1.165) is 5.88 Å². The maximum absolute atomic E-state index is 8.78. The molecule has 0 aliphatic carbocycles. The van der Waals surface area contributed by atoms with Crippen LogP contribution >= 0.6 is 11.6 Å². The van der Waals surface area contributed by atoms with Crippen molar-refractivity contribution in [1.29, 1.82) is 0 Å². The molecule has 0 saturated heterocycles. The fraction of sp³-hybridized carbons (Fsp3) is 1.00. The van der Waals surface area contributed by atoms with Crippen LogP contribution in [0.15, 0.2) is 0 Å². The number of hydrogen-bond donors (Lipinski definition) is 1. The van der Waals surface area contributed by atoms with Crippen molar-refractivity contribution in [3.05, 3.63) is 0 Å². The van der Waals surface area contributed by atoms with E-state index < -0.39 is 11.3 Å². The second-order valence-corrected chi connectivity index (χ2v) is 2.91. The molecule has 0 aliphatic rings. The molecule has 70 valence electrons. The Labute approximate surface area is 75.7 Å². The molecule has 0 bridgehead atoms. The second-order valence-electron chi connectivity index (χ2n) is 2.01. The molecule has 1 atom stereocenters. The normalized spacial score (nSPS) is 11.6. The van der Waals surface area contributed by atoms with E-state index in [1.165, 1.54) is 25.7 Å². The van der Waals surface area contributed by atoms with Crippen LogP contribution in [0.2, 0.25) is 0 Å². The predicted octanol–water partition coefficient (Wildman–Crippen LogP) is 1.54. The van der Waals surface area contributed by atoms with Gasteiger partial charge in [0.2, 0.25) is 0 Å². The van der Waals surface area contributed by atoms with Gasteiger partial charge in [-0.1, -0.05) is 26.2 Å². The van der Waals surface area contributed by atoms with Crippen molar-refractivity contribution in [3.63, 3.8) is 0 Å². The van der Waals surface area contributed by atoms with E-state index in [0.29, 0.717) is 0 Å². The highest BCUT2D eigenvalue weighted by molar-refractivity contribution is 7.76. The van der Waals surface area contributed by atoms with Crippen LogP contribution in [-0.4, -0.2) is 14.6 Å². The number of nitrogens with two attached hydrogens (primary N) is 1. The summed E-state index contributed by atoms with van der Waals surface area (Å²) < 4.78 is 17.6. The maximum atomic E-state index is 8.78. The quantitative estimate of drug-likeness (QED) is 0.425. The Morgan fingerprint density at radius 1 is 1.45 bits per heavy atom. The second kappa shape index (κ2) is 13.0. The lowest BCUT2D eigenvalue weighted by atomic mass is 10.2. The summed E-state index contributed by atoms with van der Waals surface area (Å²) in [4.78, 5) is 0. The topological polar surface area (TPSA) is 66.2 Å². The molecule has 0 heterocycles. The summed E-state index contributed by atoms with van der Waals surface area (Å²) >= 11 is 3.08. The fourth-order valence-corrected chi connectivity index (χ4v) is 0.710. The smallest absolute Gasteiger partial charge is 0.0223 e. The fourth-order valence-electron chi connectivity index (χ4n) is 0.521. The van der Waals surface area contributed by atoms with Gasteiger partial charge < -0.3 is 4.55 Å². The minimum atomic E-state index is -2.36. The standard InChI is InChI=1S/C6H13Cl.H3NO2S/c1-2-3-4-5-6-7;1-4(2)3/h2-6H2,1H3;1H2,(H,2,3)/p-1.